The summed E-state index contributed by atoms with van der Waals surface area (Å²) in [4.78, 5) is 13.8. The number of hydrogen-bond donors (Lipinski definition) is 2. The normalized spacial score (nSPS) is 21.6. The summed E-state index contributed by atoms with van der Waals surface area (Å²) >= 11 is 5.93. The number of carbonyl (C=O) groups excluding carboxylic acids is 1. The summed E-state index contributed by atoms with van der Waals surface area (Å²) in [7, 11) is -3.54. The smallest absolute Gasteiger partial charge is 0.278 e. The van der Waals surface area contributed by atoms with Crippen LogP contribution in [-0.2, 0) is 14.8 Å². The molecular formula is C18H27ClN3O3S+. The molecule has 0 radical (unpaired) electrons. The van der Waals surface area contributed by atoms with Gasteiger partial charge in [0.25, 0.3) is 5.91 Å². The summed E-state index contributed by atoms with van der Waals surface area (Å²) in [5.74, 6) is 0.0815. The Balaban J connectivity index is 1.57. The number of rotatable bonds is 5. The lowest BCUT2D eigenvalue weighted by Crippen LogP contribution is -3.19. The topological polar surface area (TPSA) is 70.9 Å². The first-order valence-corrected chi connectivity index (χ1v) is 11.1. The van der Waals surface area contributed by atoms with Crippen LogP contribution in [0.4, 0.5) is 0 Å². The monoisotopic (exact) mass is 400 g/mol. The molecule has 0 aromatic heterocycles. The predicted octanol–water partition coefficient (Wildman–Crippen LogP) is 0.677. The summed E-state index contributed by atoms with van der Waals surface area (Å²) in [6, 6.07) is 6.51. The standard InChI is InChI=1S/C18H26ClN3O3S/c1-14(18(23)20-16-6-2-3-7-16)21-9-11-22(12-10-21)26(24,25)17-8-4-5-15(19)13-17/h4-5,8,13-14,16H,2-3,6-7,9-12H2,1H3,(H,20,23)/p+1/t14-/m1/s1. The van der Waals surface area contributed by atoms with Crippen molar-refractivity contribution in [1.82, 2.24) is 9.62 Å². The quantitative estimate of drug-likeness (QED) is 0.763. The van der Waals surface area contributed by atoms with E-state index in [1.165, 1.54) is 23.2 Å². The van der Waals surface area contributed by atoms with Crippen LogP contribution in [0.15, 0.2) is 29.2 Å². The van der Waals surface area contributed by atoms with E-state index in [-0.39, 0.29) is 16.8 Å². The minimum Gasteiger partial charge on any atom is -0.348 e. The average Bonchev–Trinajstić information content (AvgIpc) is 3.14. The van der Waals surface area contributed by atoms with Gasteiger partial charge in [0.05, 0.1) is 31.1 Å². The fraction of sp³-hybridized carbons (Fsp3) is 0.611. The van der Waals surface area contributed by atoms with Gasteiger partial charge in [-0.15, -0.1) is 0 Å². The fourth-order valence-electron chi connectivity index (χ4n) is 3.81. The van der Waals surface area contributed by atoms with Crippen molar-refractivity contribution in [2.24, 2.45) is 0 Å². The first-order valence-electron chi connectivity index (χ1n) is 9.28. The summed E-state index contributed by atoms with van der Waals surface area (Å²) < 4.78 is 27.0. The number of carbonyl (C=O) groups is 1. The maximum absolute atomic E-state index is 12.8. The van der Waals surface area contributed by atoms with Gasteiger partial charge in [-0.05, 0) is 38.0 Å². The van der Waals surface area contributed by atoms with E-state index in [4.69, 9.17) is 11.6 Å². The molecule has 144 valence electrons. The Morgan fingerprint density at radius 3 is 2.54 bits per heavy atom. The molecule has 3 rings (SSSR count). The van der Waals surface area contributed by atoms with Crippen molar-refractivity contribution in [3.8, 4) is 0 Å². The number of halogens is 1. The van der Waals surface area contributed by atoms with Crippen molar-refractivity contribution in [2.75, 3.05) is 26.2 Å². The molecule has 1 saturated carbocycles. The molecule has 8 heteroatoms. The van der Waals surface area contributed by atoms with Gasteiger partial charge in [0.1, 0.15) is 0 Å². The van der Waals surface area contributed by atoms with E-state index in [1.807, 2.05) is 6.92 Å². The van der Waals surface area contributed by atoms with Crippen LogP contribution in [0, 0.1) is 0 Å². The Kier molecular flexibility index (Phi) is 6.22. The number of quaternary nitrogens is 1. The van der Waals surface area contributed by atoms with Crippen LogP contribution in [0.3, 0.4) is 0 Å². The molecular weight excluding hydrogens is 374 g/mol. The van der Waals surface area contributed by atoms with Crippen LogP contribution in [0.1, 0.15) is 32.6 Å². The fourth-order valence-corrected chi connectivity index (χ4v) is 5.55. The summed E-state index contributed by atoms with van der Waals surface area (Å²) in [5, 5.41) is 3.55. The van der Waals surface area contributed by atoms with E-state index in [2.05, 4.69) is 5.32 Å². The van der Waals surface area contributed by atoms with Gasteiger partial charge in [-0.1, -0.05) is 30.5 Å². The third-order valence-electron chi connectivity index (χ3n) is 5.51. The lowest BCUT2D eigenvalue weighted by molar-refractivity contribution is -0.917. The van der Waals surface area contributed by atoms with Gasteiger partial charge >= 0.3 is 0 Å². The van der Waals surface area contributed by atoms with Crippen molar-refractivity contribution < 1.29 is 18.1 Å². The van der Waals surface area contributed by atoms with Crippen molar-refractivity contribution in [3.63, 3.8) is 0 Å². The highest BCUT2D eigenvalue weighted by molar-refractivity contribution is 7.89. The van der Waals surface area contributed by atoms with Gasteiger partial charge < -0.3 is 10.2 Å². The Morgan fingerprint density at radius 1 is 1.27 bits per heavy atom. The molecule has 0 bridgehead atoms. The van der Waals surface area contributed by atoms with Crippen molar-refractivity contribution in [3.05, 3.63) is 29.3 Å². The average molecular weight is 401 g/mol. The maximum atomic E-state index is 12.8. The zero-order chi connectivity index (χ0) is 18.7. The molecule has 2 aliphatic rings. The molecule has 2 fully saturated rings. The number of piperazine rings is 1. The second kappa shape index (κ2) is 8.25. The first-order chi connectivity index (χ1) is 12.4. The highest BCUT2D eigenvalue weighted by atomic mass is 35.5. The minimum atomic E-state index is -3.54. The summed E-state index contributed by atoms with van der Waals surface area (Å²) in [6.45, 7) is 4.00. The van der Waals surface area contributed by atoms with E-state index in [0.717, 1.165) is 17.7 Å². The van der Waals surface area contributed by atoms with E-state index < -0.39 is 10.0 Å². The van der Waals surface area contributed by atoms with Crippen LogP contribution in [0.25, 0.3) is 0 Å². The molecule has 1 aromatic rings. The molecule has 1 atom stereocenters. The van der Waals surface area contributed by atoms with Gasteiger partial charge in [-0.2, -0.15) is 4.31 Å². The molecule has 0 unspecified atom stereocenters. The SMILES string of the molecule is C[C@H](C(=O)NC1CCCC1)[NH+]1CCN(S(=O)(=O)c2cccc(Cl)c2)CC1. The lowest BCUT2D eigenvalue weighted by Gasteiger charge is -2.34. The molecule has 1 aromatic carbocycles. The van der Waals surface area contributed by atoms with Crippen molar-refractivity contribution >= 4 is 27.5 Å². The molecule has 6 nitrogen and oxygen atoms in total. The molecule has 0 spiro atoms. The Hall–Kier alpha value is -1.15. The Bertz CT molecular complexity index is 742. The second-order valence-corrected chi connectivity index (χ2v) is 9.61. The lowest BCUT2D eigenvalue weighted by atomic mass is 10.2. The van der Waals surface area contributed by atoms with Crippen LogP contribution >= 0.6 is 11.6 Å². The van der Waals surface area contributed by atoms with Crippen LogP contribution in [-0.4, -0.2) is 56.9 Å². The second-order valence-electron chi connectivity index (χ2n) is 7.23. The van der Waals surface area contributed by atoms with E-state index in [9.17, 15) is 13.2 Å². The van der Waals surface area contributed by atoms with E-state index in [0.29, 0.717) is 37.2 Å². The maximum Gasteiger partial charge on any atom is 0.278 e. The largest absolute Gasteiger partial charge is 0.348 e. The van der Waals surface area contributed by atoms with Gasteiger partial charge in [0.2, 0.25) is 10.0 Å². The van der Waals surface area contributed by atoms with E-state index in [1.54, 1.807) is 18.2 Å². The number of sulfonamides is 1. The summed E-state index contributed by atoms with van der Waals surface area (Å²) in [6.07, 6.45) is 4.51. The van der Waals surface area contributed by atoms with Gasteiger partial charge in [0.15, 0.2) is 6.04 Å². The third-order valence-corrected chi connectivity index (χ3v) is 7.64. The van der Waals surface area contributed by atoms with Crippen molar-refractivity contribution in [1.29, 1.82) is 0 Å². The Morgan fingerprint density at radius 2 is 1.92 bits per heavy atom. The molecule has 1 saturated heterocycles. The number of amides is 1. The molecule has 26 heavy (non-hydrogen) atoms. The molecule has 1 amide bonds. The third kappa shape index (κ3) is 4.39. The van der Waals surface area contributed by atoms with Crippen LogP contribution in [0.5, 0.6) is 0 Å². The summed E-state index contributed by atoms with van der Waals surface area (Å²) in [5.41, 5.74) is 0. The van der Waals surface area contributed by atoms with Gasteiger partial charge in [-0.3, -0.25) is 4.79 Å². The van der Waals surface area contributed by atoms with Gasteiger partial charge in [0, 0.05) is 11.1 Å². The molecule has 2 N–H and O–H groups in total. The number of nitrogens with zero attached hydrogens (tertiary/aromatic N) is 1. The number of nitrogens with one attached hydrogen (secondary N) is 2. The van der Waals surface area contributed by atoms with E-state index >= 15 is 0 Å². The highest BCUT2D eigenvalue weighted by Crippen LogP contribution is 2.20. The number of hydrogen-bond acceptors (Lipinski definition) is 3. The zero-order valence-electron chi connectivity index (χ0n) is 15.1. The molecule has 1 aliphatic heterocycles. The first kappa shape index (κ1) is 19.6. The highest BCUT2D eigenvalue weighted by Gasteiger charge is 2.35. The molecule has 1 heterocycles. The van der Waals surface area contributed by atoms with Crippen LogP contribution in [0.2, 0.25) is 5.02 Å². The zero-order valence-corrected chi connectivity index (χ0v) is 16.7. The van der Waals surface area contributed by atoms with Gasteiger partial charge in [-0.25, -0.2) is 8.42 Å². The predicted molar refractivity (Wildman–Crippen MR) is 101 cm³/mol. The van der Waals surface area contributed by atoms with Crippen molar-refractivity contribution in [2.45, 2.75) is 49.6 Å². The number of benzene rings is 1. The Labute approximate surface area is 160 Å². The molecule has 1 aliphatic carbocycles. The van der Waals surface area contributed by atoms with Crippen LogP contribution < -0.4 is 10.2 Å². The minimum absolute atomic E-state index is 0.0815.